The predicted molar refractivity (Wildman–Crippen MR) is 61.7 cm³/mol. The summed E-state index contributed by atoms with van der Waals surface area (Å²) < 4.78 is 35.4. The average Bonchev–Trinajstić information content (AvgIpc) is 2.30. The Morgan fingerprint density at radius 2 is 1.65 bits per heavy atom. The number of hydrogen-bond donors (Lipinski definition) is 0. The zero-order valence-corrected chi connectivity index (χ0v) is 9.46. The summed E-state index contributed by atoms with van der Waals surface area (Å²) in [5.41, 5.74) is 0.754. The highest BCUT2D eigenvalue weighted by molar-refractivity contribution is 5.80. The molecular formula is C13H15F3O. The Kier molecular flexibility index (Phi) is 6.94. The van der Waals surface area contributed by atoms with Gasteiger partial charge in [0.1, 0.15) is 5.78 Å². The molecule has 0 amide bonds. The highest BCUT2D eigenvalue weighted by Gasteiger charge is 2.27. The first-order chi connectivity index (χ1) is 7.97. The molecule has 0 aromatic heterocycles. The van der Waals surface area contributed by atoms with E-state index < -0.39 is 19.0 Å². The highest BCUT2D eigenvalue weighted by atomic mass is 19.4. The van der Waals surface area contributed by atoms with Crippen molar-refractivity contribution in [1.82, 2.24) is 0 Å². The molecule has 0 saturated carbocycles. The van der Waals surface area contributed by atoms with E-state index in [9.17, 15) is 18.0 Å². The van der Waals surface area contributed by atoms with Crippen LogP contribution in [0.1, 0.15) is 18.4 Å². The van der Waals surface area contributed by atoms with Gasteiger partial charge in [-0.25, -0.2) is 0 Å². The maximum absolute atomic E-state index is 11.8. The molecule has 1 aromatic carbocycles. The second-order valence-corrected chi connectivity index (χ2v) is 3.32. The molecule has 0 aliphatic heterocycles. The van der Waals surface area contributed by atoms with Crippen molar-refractivity contribution < 1.29 is 18.0 Å². The van der Waals surface area contributed by atoms with Gasteiger partial charge in [0.25, 0.3) is 0 Å². The summed E-state index contributed by atoms with van der Waals surface area (Å²) in [5.74, 6) is -0.376. The van der Waals surface area contributed by atoms with E-state index in [1.807, 2.05) is 0 Å². The summed E-state index contributed by atoms with van der Waals surface area (Å²) in [7, 11) is 0. The molecule has 0 atom stereocenters. The van der Waals surface area contributed by atoms with Gasteiger partial charge in [-0.15, -0.1) is 13.2 Å². The summed E-state index contributed by atoms with van der Waals surface area (Å²) in [4.78, 5) is 11.2. The van der Waals surface area contributed by atoms with E-state index in [1.54, 1.807) is 30.3 Å². The van der Waals surface area contributed by atoms with Crippen LogP contribution in [0.4, 0.5) is 13.2 Å². The van der Waals surface area contributed by atoms with Gasteiger partial charge in [-0.05, 0) is 5.56 Å². The predicted octanol–water partition coefficient (Wildman–Crippen LogP) is 3.94. The fraction of sp³-hybridized carbons (Fsp3) is 0.308. The van der Waals surface area contributed by atoms with Crippen LogP contribution in [-0.2, 0) is 11.2 Å². The zero-order valence-electron chi connectivity index (χ0n) is 9.46. The lowest BCUT2D eigenvalue weighted by molar-refractivity contribution is -0.143. The zero-order chi connectivity index (χ0) is 13.3. The van der Waals surface area contributed by atoms with Crippen LogP contribution in [0.5, 0.6) is 0 Å². The monoisotopic (exact) mass is 244 g/mol. The number of alkyl halides is 3. The maximum atomic E-state index is 11.8. The molecule has 0 saturated heterocycles. The molecular weight excluding hydrogens is 229 g/mol. The third-order valence-electron chi connectivity index (χ3n) is 1.93. The van der Waals surface area contributed by atoms with Crippen LogP contribution in [0.2, 0.25) is 0 Å². The number of hydrogen-bond acceptors (Lipinski definition) is 1. The lowest BCUT2D eigenvalue weighted by Crippen LogP contribution is -2.12. The maximum Gasteiger partial charge on any atom is 0.389 e. The van der Waals surface area contributed by atoms with Crippen molar-refractivity contribution in [2.75, 3.05) is 0 Å². The number of halogens is 3. The van der Waals surface area contributed by atoms with Gasteiger partial charge in [0, 0.05) is 12.8 Å². The van der Waals surface area contributed by atoms with Crippen LogP contribution < -0.4 is 0 Å². The van der Waals surface area contributed by atoms with E-state index >= 15 is 0 Å². The molecule has 0 heterocycles. The smallest absolute Gasteiger partial charge is 0.299 e. The molecule has 0 bridgehead atoms. The van der Waals surface area contributed by atoms with Crippen molar-refractivity contribution in [2.45, 2.75) is 25.4 Å². The minimum atomic E-state index is -4.24. The minimum Gasteiger partial charge on any atom is -0.299 e. The van der Waals surface area contributed by atoms with Gasteiger partial charge in [0.05, 0.1) is 6.42 Å². The quantitative estimate of drug-likeness (QED) is 0.733. The van der Waals surface area contributed by atoms with E-state index in [2.05, 4.69) is 13.2 Å². The van der Waals surface area contributed by atoms with Crippen molar-refractivity contribution in [1.29, 1.82) is 0 Å². The van der Waals surface area contributed by atoms with Crippen LogP contribution in [0.3, 0.4) is 0 Å². The standard InChI is InChI=1S/C11H11F3O.C2H4/c12-11(13,14)7-6-10(15)8-9-4-2-1-3-5-9;1-2/h1-5H,6-8H2;1-2H2. The first-order valence-electron chi connectivity index (χ1n) is 5.10. The summed E-state index contributed by atoms with van der Waals surface area (Å²) in [6.45, 7) is 6.00. The molecule has 4 heteroatoms. The molecule has 1 nitrogen and oxygen atoms in total. The number of ketones is 1. The van der Waals surface area contributed by atoms with Gasteiger partial charge in [0.15, 0.2) is 0 Å². The number of Topliss-reactive ketones (excluding diaryl/α,β-unsaturated/α-hetero) is 1. The highest BCUT2D eigenvalue weighted by Crippen LogP contribution is 2.21. The van der Waals surface area contributed by atoms with E-state index in [1.165, 1.54) is 0 Å². The van der Waals surface area contributed by atoms with Gasteiger partial charge in [0.2, 0.25) is 0 Å². The fourth-order valence-electron chi connectivity index (χ4n) is 1.19. The van der Waals surface area contributed by atoms with E-state index in [4.69, 9.17) is 0 Å². The Bertz CT molecular complexity index is 330. The summed E-state index contributed by atoms with van der Waals surface area (Å²) >= 11 is 0. The molecule has 0 unspecified atom stereocenters. The second-order valence-electron chi connectivity index (χ2n) is 3.32. The Morgan fingerprint density at radius 1 is 1.12 bits per heavy atom. The first kappa shape index (κ1) is 15.4. The number of rotatable bonds is 4. The molecule has 17 heavy (non-hydrogen) atoms. The lowest BCUT2D eigenvalue weighted by Gasteiger charge is -2.05. The molecule has 0 spiro atoms. The number of benzene rings is 1. The molecule has 0 aliphatic carbocycles. The molecule has 1 rings (SSSR count). The summed E-state index contributed by atoms with van der Waals surface area (Å²) in [5, 5.41) is 0. The largest absolute Gasteiger partial charge is 0.389 e. The van der Waals surface area contributed by atoms with Crippen LogP contribution in [0, 0.1) is 0 Å². The van der Waals surface area contributed by atoms with Crippen LogP contribution in [0.25, 0.3) is 0 Å². The third-order valence-corrected chi connectivity index (χ3v) is 1.93. The van der Waals surface area contributed by atoms with Gasteiger partial charge < -0.3 is 0 Å². The lowest BCUT2D eigenvalue weighted by atomic mass is 10.1. The van der Waals surface area contributed by atoms with Crippen LogP contribution in [0.15, 0.2) is 43.5 Å². The Morgan fingerprint density at radius 3 is 2.12 bits per heavy atom. The van der Waals surface area contributed by atoms with Crippen LogP contribution >= 0.6 is 0 Å². The molecule has 94 valence electrons. The number of carbonyl (C=O) groups is 1. The normalized spacial score (nSPS) is 10.3. The molecule has 1 aromatic rings. The van der Waals surface area contributed by atoms with Gasteiger partial charge in [-0.2, -0.15) is 13.2 Å². The first-order valence-corrected chi connectivity index (χ1v) is 5.10. The van der Waals surface area contributed by atoms with E-state index in [0.29, 0.717) is 0 Å². The molecule has 0 N–H and O–H groups in total. The number of carbonyl (C=O) groups excluding carboxylic acids is 1. The second kappa shape index (κ2) is 7.65. The van der Waals surface area contributed by atoms with Crippen molar-refractivity contribution >= 4 is 5.78 Å². The minimum absolute atomic E-state index is 0.0803. The van der Waals surface area contributed by atoms with Crippen molar-refractivity contribution in [2.24, 2.45) is 0 Å². The Labute approximate surface area is 99.0 Å². The SMILES string of the molecule is C=C.O=C(CCC(F)(F)F)Cc1ccccc1. The summed E-state index contributed by atoms with van der Waals surface area (Å²) in [6, 6.07) is 8.76. The van der Waals surface area contributed by atoms with Gasteiger partial charge in [-0.1, -0.05) is 30.3 Å². The van der Waals surface area contributed by atoms with Crippen LogP contribution in [-0.4, -0.2) is 12.0 Å². The van der Waals surface area contributed by atoms with Gasteiger partial charge >= 0.3 is 6.18 Å². The molecule has 0 radical (unpaired) electrons. The van der Waals surface area contributed by atoms with Crippen molar-refractivity contribution in [3.8, 4) is 0 Å². The fourth-order valence-corrected chi connectivity index (χ4v) is 1.19. The van der Waals surface area contributed by atoms with E-state index in [-0.39, 0.29) is 12.2 Å². The molecule has 0 aliphatic rings. The Balaban J connectivity index is 0.00000121. The van der Waals surface area contributed by atoms with Gasteiger partial charge in [-0.3, -0.25) is 4.79 Å². The topological polar surface area (TPSA) is 17.1 Å². The average molecular weight is 244 g/mol. The van der Waals surface area contributed by atoms with E-state index in [0.717, 1.165) is 5.56 Å². The van der Waals surface area contributed by atoms with Crippen molar-refractivity contribution in [3.05, 3.63) is 49.1 Å². The molecule has 0 fully saturated rings. The van der Waals surface area contributed by atoms with Crippen molar-refractivity contribution in [3.63, 3.8) is 0 Å². The third kappa shape index (κ3) is 8.25. The Hall–Kier alpha value is -1.58. The summed E-state index contributed by atoms with van der Waals surface area (Å²) in [6.07, 6.45) is -5.62.